The first-order chi connectivity index (χ1) is 11.6. The van der Waals surface area contributed by atoms with Gasteiger partial charge in [0, 0.05) is 0 Å². The van der Waals surface area contributed by atoms with Gasteiger partial charge in [0.15, 0.2) is 6.61 Å². The number of rotatable bonds is 7. The highest BCUT2D eigenvalue weighted by molar-refractivity contribution is 6.00. The standard InChI is InChI=1S/C17H16N2O5/c1-23-13-8-6-12(7-9-13)10-18-24-11-16(20)19-15-5-3-2-4-14(15)17(21)22/h2-10H,11H2,1H3,(H,19,20)(H,21,22)/b18-10+. The van der Waals surface area contributed by atoms with E-state index in [0.717, 1.165) is 11.3 Å². The number of nitrogens with zero attached hydrogens (tertiary/aromatic N) is 1. The number of carbonyl (C=O) groups is 2. The van der Waals surface area contributed by atoms with Crippen molar-refractivity contribution in [1.82, 2.24) is 0 Å². The molecule has 0 aromatic heterocycles. The van der Waals surface area contributed by atoms with E-state index in [4.69, 9.17) is 14.7 Å². The third-order valence-corrected chi connectivity index (χ3v) is 3.02. The molecule has 2 aromatic rings. The second-order valence-corrected chi connectivity index (χ2v) is 4.68. The topological polar surface area (TPSA) is 97.2 Å². The Morgan fingerprint density at radius 2 is 1.88 bits per heavy atom. The molecule has 2 rings (SSSR count). The lowest BCUT2D eigenvalue weighted by Gasteiger charge is -2.07. The number of oxime groups is 1. The number of benzene rings is 2. The van der Waals surface area contributed by atoms with E-state index in [-0.39, 0.29) is 17.9 Å². The van der Waals surface area contributed by atoms with E-state index < -0.39 is 11.9 Å². The summed E-state index contributed by atoms with van der Waals surface area (Å²) < 4.78 is 5.04. The SMILES string of the molecule is COc1ccc(/C=N/OCC(=O)Nc2ccccc2C(=O)O)cc1. The second-order valence-electron chi connectivity index (χ2n) is 4.68. The fraction of sp³-hybridized carbons (Fsp3) is 0.118. The lowest BCUT2D eigenvalue weighted by Crippen LogP contribution is -2.18. The van der Waals surface area contributed by atoms with Crippen molar-refractivity contribution < 1.29 is 24.3 Å². The smallest absolute Gasteiger partial charge is 0.337 e. The van der Waals surface area contributed by atoms with Crippen molar-refractivity contribution >= 4 is 23.8 Å². The molecule has 124 valence electrons. The van der Waals surface area contributed by atoms with Gasteiger partial charge in [-0.1, -0.05) is 17.3 Å². The normalized spacial score (nSPS) is 10.4. The molecule has 0 bridgehead atoms. The zero-order valence-corrected chi connectivity index (χ0v) is 12.9. The van der Waals surface area contributed by atoms with Gasteiger partial charge in [-0.05, 0) is 42.0 Å². The minimum Gasteiger partial charge on any atom is -0.497 e. The van der Waals surface area contributed by atoms with Crippen molar-refractivity contribution in [2.24, 2.45) is 5.16 Å². The Labute approximate surface area is 138 Å². The predicted octanol–water partition coefficient (Wildman–Crippen LogP) is 2.38. The molecule has 0 aliphatic carbocycles. The maximum Gasteiger partial charge on any atom is 0.337 e. The van der Waals surface area contributed by atoms with Crippen molar-refractivity contribution in [3.05, 3.63) is 59.7 Å². The minimum atomic E-state index is -1.12. The molecular formula is C17H16N2O5. The zero-order valence-electron chi connectivity index (χ0n) is 12.9. The van der Waals surface area contributed by atoms with Crippen LogP contribution in [0.3, 0.4) is 0 Å². The summed E-state index contributed by atoms with van der Waals surface area (Å²) in [5, 5.41) is 15.2. The Balaban J connectivity index is 1.85. The minimum absolute atomic E-state index is 0.00702. The summed E-state index contributed by atoms with van der Waals surface area (Å²) in [6.07, 6.45) is 1.46. The molecule has 0 heterocycles. The van der Waals surface area contributed by atoms with Crippen molar-refractivity contribution in [2.75, 3.05) is 19.0 Å². The van der Waals surface area contributed by atoms with E-state index in [1.807, 2.05) is 0 Å². The maximum atomic E-state index is 11.8. The lowest BCUT2D eigenvalue weighted by atomic mass is 10.2. The largest absolute Gasteiger partial charge is 0.497 e. The van der Waals surface area contributed by atoms with Gasteiger partial charge in [0.25, 0.3) is 5.91 Å². The van der Waals surface area contributed by atoms with Crippen molar-refractivity contribution in [3.63, 3.8) is 0 Å². The van der Waals surface area contributed by atoms with Crippen LogP contribution in [0.2, 0.25) is 0 Å². The van der Waals surface area contributed by atoms with Gasteiger partial charge < -0.3 is 20.0 Å². The van der Waals surface area contributed by atoms with Crippen LogP contribution in [0, 0.1) is 0 Å². The average molecular weight is 328 g/mol. The zero-order chi connectivity index (χ0) is 17.4. The van der Waals surface area contributed by atoms with E-state index in [0.29, 0.717) is 0 Å². The maximum absolute atomic E-state index is 11.8. The number of carboxylic acids is 1. The number of methoxy groups -OCH3 is 1. The molecule has 0 saturated heterocycles. The third-order valence-electron chi connectivity index (χ3n) is 3.02. The van der Waals surface area contributed by atoms with Gasteiger partial charge in [0.05, 0.1) is 24.6 Å². The number of carbonyl (C=O) groups excluding carboxylic acids is 1. The van der Waals surface area contributed by atoms with Gasteiger partial charge >= 0.3 is 5.97 Å². The van der Waals surface area contributed by atoms with Crippen LogP contribution in [0.5, 0.6) is 5.75 Å². The Morgan fingerprint density at radius 3 is 2.54 bits per heavy atom. The summed E-state index contributed by atoms with van der Waals surface area (Å²) in [6.45, 7) is -0.333. The van der Waals surface area contributed by atoms with E-state index >= 15 is 0 Å². The molecule has 2 N–H and O–H groups in total. The van der Waals surface area contributed by atoms with Gasteiger partial charge in [0.1, 0.15) is 5.75 Å². The van der Waals surface area contributed by atoms with E-state index in [1.54, 1.807) is 43.5 Å². The summed E-state index contributed by atoms with van der Waals surface area (Å²) in [6, 6.07) is 13.2. The van der Waals surface area contributed by atoms with Crippen LogP contribution in [0.4, 0.5) is 5.69 Å². The van der Waals surface area contributed by atoms with Gasteiger partial charge in [-0.2, -0.15) is 0 Å². The first-order valence-electron chi connectivity index (χ1n) is 7.01. The van der Waals surface area contributed by atoms with Gasteiger partial charge in [-0.25, -0.2) is 4.79 Å². The number of aromatic carboxylic acids is 1. The highest BCUT2D eigenvalue weighted by Crippen LogP contribution is 2.14. The first kappa shape index (κ1) is 17.0. The van der Waals surface area contributed by atoms with Crippen LogP contribution in [-0.2, 0) is 9.63 Å². The van der Waals surface area contributed by atoms with Gasteiger partial charge in [-0.3, -0.25) is 4.79 Å². The van der Waals surface area contributed by atoms with Crippen molar-refractivity contribution in [1.29, 1.82) is 0 Å². The number of carboxylic acid groups (broad SMARTS) is 1. The molecule has 0 aliphatic rings. The third kappa shape index (κ3) is 4.84. The average Bonchev–Trinajstić information content (AvgIpc) is 2.59. The molecule has 0 atom stereocenters. The van der Waals surface area contributed by atoms with Crippen molar-refractivity contribution in [3.8, 4) is 5.75 Å². The van der Waals surface area contributed by atoms with Gasteiger partial charge in [-0.15, -0.1) is 0 Å². The summed E-state index contributed by atoms with van der Waals surface area (Å²) in [4.78, 5) is 27.7. The molecule has 2 aromatic carbocycles. The molecule has 24 heavy (non-hydrogen) atoms. The number of anilines is 1. The van der Waals surface area contributed by atoms with E-state index in [9.17, 15) is 9.59 Å². The summed E-state index contributed by atoms with van der Waals surface area (Å²) in [5.41, 5.74) is 0.998. The van der Waals surface area contributed by atoms with Crippen LogP contribution < -0.4 is 10.1 Å². The molecule has 1 amide bonds. The van der Waals surface area contributed by atoms with Crippen LogP contribution in [0.15, 0.2) is 53.7 Å². The van der Waals surface area contributed by atoms with Gasteiger partial charge in [0.2, 0.25) is 0 Å². The summed E-state index contributed by atoms with van der Waals surface area (Å²) in [5.74, 6) is -0.899. The first-order valence-corrected chi connectivity index (χ1v) is 7.01. The Hall–Kier alpha value is -3.35. The fourth-order valence-electron chi connectivity index (χ4n) is 1.85. The molecule has 0 unspecified atom stereocenters. The monoisotopic (exact) mass is 328 g/mol. The Morgan fingerprint density at radius 1 is 1.17 bits per heavy atom. The van der Waals surface area contributed by atoms with Crippen LogP contribution in [-0.4, -0.2) is 36.9 Å². The molecule has 7 heteroatoms. The fourth-order valence-corrected chi connectivity index (χ4v) is 1.85. The number of hydrogen-bond acceptors (Lipinski definition) is 5. The highest BCUT2D eigenvalue weighted by Gasteiger charge is 2.11. The predicted molar refractivity (Wildman–Crippen MR) is 88.6 cm³/mol. The summed E-state index contributed by atoms with van der Waals surface area (Å²) in [7, 11) is 1.58. The molecule has 0 radical (unpaired) electrons. The quantitative estimate of drug-likeness (QED) is 0.601. The molecule has 7 nitrogen and oxygen atoms in total. The van der Waals surface area contributed by atoms with Crippen LogP contribution >= 0.6 is 0 Å². The molecule has 0 saturated carbocycles. The number of nitrogens with one attached hydrogen (secondary N) is 1. The molecular weight excluding hydrogens is 312 g/mol. The summed E-state index contributed by atoms with van der Waals surface area (Å²) >= 11 is 0. The number of para-hydroxylation sites is 1. The molecule has 0 fully saturated rings. The number of amides is 1. The molecule has 0 spiro atoms. The van der Waals surface area contributed by atoms with E-state index in [2.05, 4.69) is 10.5 Å². The second kappa shape index (κ2) is 8.33. The van der Waals surface area contributed by atoms with E-state index in [1.165, 1.54) is 18.3 Å². The van der Waals surface area contributed by atoms with Crippen molar-refractivity contribution in [2.45, 2.75) is 0 Å². The number of hydrogen-bond donors (Lipinski definition) is 2. The Bertz CT molecular complexity index is 741. The Kier molecular flexibility index (Phi) is 5.90. The molecule has 0 aliphatic heterocycles. The lowest BCUT2D eigenvalue weighted by molar-refractivity contribution is -0.120. The number of ether oxygens (including phenoxy) is 1. The van der Waals surface area contributed by atoms with Crippen LogP contribution in [0.1, 0.15) is 15.9 Å². The van der Waals surface area contributed by atoms with Crippen LogP contribution in [0.25, 0.3) is 0 Å². The highest BCUT2D eigenvalue weighted by atomic mass is 16.6.